The third-order valence-corrected chi connectivity index (χ3v) is 8.86. The first-order valence-corrected chi connectivity index (χ1v) is 15.2. The zero-order chi connectivity index (χ0) is 32.6. The second-order valence-corrected chi connectivity index (χ2v) is 12.0. The average molecular weight is 627 g/mol. The Bertz CT molecular complexity index is 1710. The van der Waals surface area contributed by atoms with Gasteiger partial charge in [-0.15, -0.1) is 0 Å². The van der Waals surface area contributed by atoms with Crippen LogP contribution in [0.5, 0.6) is 5.75 Å². The van der Waals surface area contributed by atoms with E-state index >= 15 is 0 Å². The highest BCUT2D eigenvalue weighted by Crippen LogP contribution is 2.34. The highest BCUT2D eigenvalue weighted by atomic mass is 19.4. The first-order chi connectivity index (χ1) is 21.3. The van der Waals surface area contributed by atoms with Gasteiger partial charge in [-0.05, 0) is 70.0 Å². The Morgan fingerprint density at radius 1 is 1.13 bits per heavy atom. The van der Waals surface area contributed by atoms with Gasteiger partial charge in [0.1, 0.15) is 5.75 Å². The number of methoxy groups -OCH3 is 1. The van der Waals surface area contributed by atoms with Crippen molar-refractivity contribution in [3.8, 4) is 5.75 Å². The topological polar surface area (TPSA) is 94.1 Å². The summed E-state index contributed by atoms with van der Waals surface area (Å²) in [6, 6.07) is 5.50. The molecule has 5 rings (SSSR count). The van der Waals surface area contributed by atoms with Gasteiger partial charge in [0.2, 0.25) is 0 Å². The number of H-pyrrole nitrogens is 1. The van der Waals surface area contributed by atoms with Gasteiger partial charge in [0.15, 0.2) is 0 Å². The number of piperazine rings is 1. The molecule has 1 fully saturated rings. The molecule has 2 aliphatic rings. The number of rotatable bonds is 8. The van der Waals surface area contributed by atoms with E-state index in [0.717, 1.165) is 33.6 Å². The fraction of sp³-hybridized carbons (Fsp3) is 0.455. The van der Waals surface area contributed by atoms with Crippen LogP contribution in [0, 0.1) is 13.8 Å². The van der Waals surface area contributed by atoms with Gasteiger partial charge in [0.25, 0.3) is 11.5 Å². The van der Waals surface area contributed by atoms with E-state index in [9.17, 15) is 22.8 Å². The quantitative estimate of drug-likeness (QED) is 0.336. The molecule has 3 aromatic rings. The summed E-state index contributed by atoms with van der Waals surface area (Å²) in [7, 11) is 1.48. The number of hydrogen-bond donors (Lipinski definition) is 3. The number of fused-ring (bicyclic) bond motifs is 1. The van der Waals surface area contributed by atoms with Gasteiger partial charge >= 0.3 is 6.18 Å². The molecule has 2 atom stereocenters. The molecule has 0 aromatic carbocycles. The molecule has 9 nitrogen and oxygen atoms in total. The highest BCUT2D eigenvalue weighted by molar-refractivity contribution is 5.98. The molecule has 45 heavy (non-hydrogen) atoms. The number of hydrogen-bond acceptors (Lipinski definition) is 6. The monoisotopic (exact) mass is 626 g/mol. The summed E-state index contributed by atoms with van der Waals surface area (Å²) in [4.78, 5) is 32.9. The predicted molar refractivity (Wildman–Crippen MR) is 168 cm³/mol. The summed E-state index contributed by atoms with van der Waals surface area (Å²) in [6.45, 7) is 10.4. The number of halogens is 3. The first kappa shape index (κ1) is 32.4. The van der Waals surface area contributed by atoms with Crippen LogP contribution in [0.1, 0.15) is 65.2 Å². The SMILES string of the molecule is COc1cc(C)[nH]c(=O)c1CNC(=O)c1cc2c(C3=CC=C(C)NC3C)ccn2c([C@@H](C)N2CCN(CC(F)(F)F)CC2)c1C. The lowest BCUT2D eigenvalue weighted by Crippen LogP contribution is -2.49. The molecule has 3 aromatic heterocycles. The molecule has 0 saturated carbocycles. The van der Waals surface area contributed by atoms with Gasteiger partial charge in [-0.2, -0.15) is 13.2 Å². The van der Waals surface area contributed by atoms with Crippen molar-refractivity contribution in [2.75, 3.05) is 39.8 Å². The second kappa shape index (κ2) is 12.8. The van der Waals surface area contributed by atoms with E-state index in [-0.39, 0.29) is 30.1 Å². The molecular formula is C33H41F3N6O3. The highest BCUT2D eigenvalue weighted by Gasteiger charge is 2.34. The summed E-state index contributed by atoms with van der Waals surface area (Å²) in [5.74, 6) is 0.0535. The number of aryl methyl sites for hydroxylation is 1. The van der Waals surface area contributed by atoms with Crippen LogP contribution < -0.4 is 20.9 Å². The van der Waals surface area contributed by atoms with Gasteiger partial charge in [-0.3, -0.25) is 19.4 Å². The summed E-state index contributed by atoms with van der Waals surface area (Å²) < 4.78 is 46.6. The maximum Gasteiger partial charge on any atom is 0.401 e. The lowest BCUT2D eigenvalue weighted by molar-refractivity contribution is -0.149. The minimum absolute atomic E-state index is 0.0294. The molecule has 1 unspecified atom stereocenters. The first-order valence-electron chi connectivity index (χ1n) is 15.2. The molecule has 1 amide bonds. The van der Waals surface area contributed by atoms with Crippen molar-refractivity contribution in [3.05, 3.63) is 86.2 Å². The molecule has 0 aliphatic carbocycles. The Kier molecular flexibility index (Phi) is 9.18. The molecule has 12 heteroatoms. The number of alkyl halides is 3. The molecule has 0 radical (unpaired) electrons. The number of nitrogens with zero attached hydrogens (tertiary/aromatic N) is 3. The van der Waals surface area contributed by atoms with Gasteiger partial charge in [0, 0.05) is 72.7 Å². The summed E-state index contributed by atoms with van der Waals surface area (Å²) in [6.07, 6.45) is 1.88. The fourth-order valence-corrected chi connectivity index (χ4v) is 6.54. The summed E-state index contributed by atoms with van der Waals surface area (Å²) in [5.41, 5.74) is 6.72. The number of allylic oxidation sites excluding steroid dienone is 3. The van der Waals surface area contributed by atoms with E-state index in [0.29, 0.717) is 48.7 Å². The van der Waals surface area contributed by atoms with Crippen LogP contribution in [0.15, 0.2) is 47.0 Å². The van der Waals surface area contributed by atoms with Crippen molar-refractivity contribution >= 4 is 17.0 Å². The van der Waals surface area contributed by atoms with Crippen LogP contribution in [-0.2, 0) is 6.54 Å². The number of carbonyl (C=O) groups excluding carboxylic acids is 1. The van der Waals surface area contributed by atoms with Crippen LogP contribution in [0.4, 0.5) is 13.2 Å². The minimum atomic E-state index is -4.24. The number of aromatic nitrogens is 2. The van der Waals surface area contributed by atoms with Gasteiger partial charge in [0.05, 0.1) is 31.3 Å². The minimum Gasteiger partial charge on any atom is -0.496 e. The van der Waals surface area contributed by atoms with Crippen LogP contribution in [-0.4, -0.2) is 77.1 Å². The molecule has 0 bridgehead atoms. The molecule has 1 saturated heterocycles. The van der Waals surface area contributed by atoms with Crippen molar-refractivity contribution < 1.29 is 22.7 Å². The Labute approximate surface area is 260 Å². The number of ether oxygens (including phenoxy) is 1. The van der Waals surface area contributed by atoms with E-state index < -0.39 is 12.7 Å². The maximum atomic E-state index is 13.9. The fourth-order valence-electron chi connectivity index (χ4n) is 6.54. The van der Waals surface area contributed by atoms with Crippen LogP contribution in [0.25, 0.3) is 11.1 Å². The van der Waals surface area contributed by atoms with Gasteiger partial charge < -0.3 is 24.8 Å². The molecule has 3 N–H and O–H groups in total. The van der Waals surface area contributed by atoms with E-state index in [1.807, 2.05) is 45.2 Å². The number of dihydropyridines is 1. The zero-order valence-corrected chi connectivity index (χ0v) is 26.6. The number of carbonyl (C=O) groups is 1. The number of amides is 1. The van der Waals surface area contributed by atoms with Crippen molar-refractivity contribution in [3.63, 3.8) is 0 Å². The van der Waals surface area contributed by atoms with E-state index in [4.69, 9.17) is 4.74 Å². The summed E-state index contributed by atoms with van der Waals surface area (Å²) >= 11 is 0. The van der Waals surface area contributed by atoms with Gasteiger partial charge in [-0.1, -0.05) is 6.08 Å². The third-order valence-electron chi connectivity index (χ3n) is 8.86. The van der Waals surface area contributed by atoms with Crippen molar-refractivity contribution in [2.24, 2.45) is 0 Å². The van der Waals surface area contributed by atoms with Crippen molar-refractivity contribution in [1.29, 1.82) is 0 Å². The molecule has 5 heterocycles. The Balaban J connectivity index is 1.53. The smallest absolute Gasteiger partial charge is 0.401 e. The van der Waals surface area contributed by atoms with E-state index in [2.05, 4.69) is 37.9 Å². The zero-order valence-electron chi connectivity index (χ0n) is 26.6. The maximum absolute atomic E-state index is 13.9. The lowest BCUT2D eigenvalue weighted by atomic mass is 9.95. The lowest BCUT2D eigenvalue weighted by Gasteiger charge is -2.39. The van der Waals surface area contributed by atoms with Crippen molar-refractivity contribution in [1.82, 2.24) is 29.8 Å². The van der Waals surface area contributed by atoms with E-state index in [1.54, 1.807) is 13.0 Å². The van der Waals surface area contributed by atoms with Crippen molar-refractivity contribution in [2.45, 2.75) is 59.4 Å². The second-order valence-electron chi connectivity index (χ2n) is 12.0. The number of pyridine rings is 2. The molecule has 242 valence electrons. The van der Waals surface area contributed by atoms with Gasteiger partial charge in [-0.25, -0.2) is 0 Å². The number of nitrogens with one attached hydrogen (secondary N) is 3. The molecule has 0 spiro atoms. The predicted octanol–water partition coefficient (Wildman–Crippen LogP) is 4.70. The Morgan fingerprint density at radius 3 is 2.49 bits per heavy atom. The Hall–Kier alpha value is -4.03. The van der Waals surface area contributed by atoms with E-state index in [1.165, 1.54) is 12.0 Å². The molecular weight excluding hydrogens is 585 g/mol. The normalized spacial score (nSPS) is 18.7. The largest absolute Gasteiger partial charge is 0.496 e. The number of aromatic amines is 1. The summed E-state index contributed by atoms with van der Waals surface area (Å²) in [5, 5.41) is 6.39. The molecule has 2 aliphatic heterocycles. The van der Waals surface area contributed by atoms with Crippen LogP contribution >= 0.6 is 0 Å². The van der Waals surface area contributed by atoms with Crippen LogP contribution in [0.3, 0.4) is 0 Å². The standard InChI is InChI=1S/C33H41F3N6O3/c1-19-7-8-24(22(4)38-19)25-9-10-42-28(25)16-26(31(43)37-17-27-29(45-6)15-20(2)39-32(27)44)21(3)30(42)23(5)41-13-11-40(12-14-41)18-33(34,35)36/h7-10,15-16,22-23,38H,11-14,17-18H2,1-6H3,(H,37,43)(H,39,44)/t22?,23-/m1/s1. The Morgan fingerprint density at radius 2 is 1.84 bits per heavy atom. The average Bonchev–Trinajstić information content (AvgIpc) is 3.38. The van der Waals surface area contributed by atoms with Crippen LogP contribution in [0.2, 0.25) is 0 Å². The third kappa shape index (κ3) is 6.81.